The van der Waals surface area contributed by atoms with Crippen LogP contribution in [-0.4, -0.2) is 24.7 Å². The maximum Gasteiger partial charge on any atom is 0.112 e. The van der Waals surface area contributed by atoms with Crippen molar-refractivity contribution in [1.29, 1.82) is 0 Å². The summed E-state index contributed by atoms with van der Waals surface area (Å²) in [6.07, 6.45) is 1.63. The molecule has 0 saturated heterocycles. The van der Waals surface area contributed by atoms with Gasteiger partial charge in [0.1, 0.15) is 6.67 Å². The molecule has 1 heterocycles. The molecule has 1 aliphatic rings. The number of nitrogens with zero attached hydrogens (tertiary/aromatic N) is 2. The van der Waals surface area contributed by atoms with E-state index in [1.807, 2.05) is 0 Å². The van der Waals surface area contributed by atoms with Crippen LogP contribution in [0.2, 0.25) is 0 Å². The molecule has 0 radical (unpaired) electrons. The van der Waals surface area contributed by atoms with Crippen molar-refractivity contribution in [2.75, 3.05) is 13.3 Å². The smallest absolute Gasteiger partial charge is 0.112 e. The zero-order valence-corrected chi connectivity index (χ0v) is 3.96. The summed E-state index contributed by atoms with van der Waals surface area (Å²) in [5, 5.41) is 1.79. The van der Waals surface area contributed by atoms with Crippen molar-refractivity contribution in [3.63, 3.8) is 0 Å². The Kier molecular flexibility index (Phi) is 1.24. The summed E-state index contributed by atoms with van der Waals surface area (Å²) in [5.41, 5.74) is 8.04. The van der Waals surface area contributed by atoms with Crippen LogP contribution in [0.3, 0.4) is 0 Å². The van der Waals surface area contributed by atoms with Gasteiger partial charge in [0.05, 0.1) is 13.0 Å². The van der Waals surface area contributed by atoms with Crippen LogP contribution in [0.25, 0.3) is 0 Å². The maximum absolute atomic E-state index is 5.22. The van der Waals surface area contributed by atoms with Crippen LogP contribution in [0.15, 0.2) is 4.99 Å². The standard InChI is InChI=1S/C3H8N4/c4-1-7-3-5-2-6-7/h2H,1,3-4H2,(H,5,6). The molecule has 0 aromatic rings. The van der Waals surface area contributed by atoms with Crippen molar-refractivity contribution in [2.45, 2.75) is 0 Å². The van der Waals surface area contributed by atoms with Crippen molar-refractivity contribution in [2.24, 2.45) is 10.7 Å². The van der Waals surface area contributed by atoms with E-state index in [0.29, 0.717) is 13.3 Å². The predicted octanol–water partition coefficient (Wildman–Crippen LogP) is -1.29. The number of hydrazine groups is 1. The molecular weight excluding hydrogens is 92.1 g/mol. The molecule has 0 fully saturated rings. The Morgan fingerprint density at radius 1 is 2.00 bits per heavy atom. The molecule has 1 rings (SSSR count). The first-order chi connectivity index (χ1) is 3.43. The molecule has 4 heteroatoms. The van der Waals surface area contributed by atoms with Crippen LogP contribution in [0.4, 0.5) is 0 Å². The molecule has 0 spiro atoms. The molecular formula is C3H8N4. The molecule has 0 amide bonds. The lowest BCUT2D eigenvalue weighted by Gasteiger charge is -2.08. The molecule has 0 unspecified atom stereocenters. The maximum atomic E-state index is 5.22. The van der Waals surface area contributed by atoms with E-state index >= 15 is 0 Å². The zero-order chi connectivity index (χ0) is 5.11. The van der Waals surface area contributed by atoms with Gasteiger partial charge < -0.3 is 11.2 Å². The summed E-state index contributed by atoms with van der Waals surface area (Å²) in [6, 6.07) is 0. The van der Waals surface area contributed by atoms with Crippen molar-refractivity contribution in [3.05, 3.63) is 0 Å². The van der Waals surface area contributed by atoms with Gasteiger partial charge in [0.2, 0.25) is 0 Å². The second kappa shape index (κ2) is 1.90. The second-order valence-corrected chi connectivity index (χ2v) is 1.30. The summed E-state index contributed by atoms with van der Waals surface area (Å²) in [6.45, 7) is 1.19. The van der Waals surface area contributed by atoms with E-state index in [0.717, 1.165) is 0 Å². The third-order valence-electron chi connectivity index (χ3n) is 0.804. The average Bonchev–Trinajstić information content (AvgIpc) is 2.14. The van der Waals surface area contributed by atoms with Gasteiger partial charge in [-0.1, -0.05) is 0 Å². The lowest BCUT2D eigenvalue weighted by atomic mass is 11.0. The highest BCUT2D eigenvalue weighted by atomic mass is 15.6. The highest BCUT2D eigenvalue weighted by Gasteiger charge is 1.99. The van der Waals surface area contributed by atoms with Crippen LogP contribution in [0.5, 0.6) is 0 Å². The van der Waals surface area contributed by atoms with E-state index in [4.69, 9.17) is 5.73 Å². The number of hydrogen-bond acceptors (Lipinski definition) is 4. The third-order valence-corrected chi connectivity index (χ3v) is 0.804. The van der Waals surface area contributed by atoms with E-state index in [2.05, 4.69) is 10.4 Å². The van der Waals surface area contributed by atoms with Crippen LogP contribution < -0.4 is 11.2 Å². The van der Waals surface area contributed by atoms with Crippen molar-refractivity contribution >= 4 is 6.34 Å². The van der Waals surface area contributed by atoms with Crippen molar-refractivity contribution < 1.29 is 0 Å². The van der Waals surface area contributed by atoms with Crippen LogP contribution >= 0.6 is 0 Å². The van der Waals surface area contributed by atoms with Crippen LogP contribution in [-0.2, 0) is 0 Å². The average molecular weight is 100 g/mol. The minimum absolute atomic E-state index is 0.514. The molecule has 0 aromatic carbocycles. The molecule has 0 atom stereocenters. The lowest BCUT2D eigenvalue weighted by molar-refractivity contribution is 0.276. The Balaban J connectivity index is 2.22. The van der Waals surface area contributed by atoms with Gasteiger partial charge >= 0.3 is 0 Å². The summed E-state index contributed by atoms with van der Waals surface area (Å²) < 4.78 is 0. The zero-order valence-electron chi connectivity index (χ0n) is 3.96. The Morgan fingerprint density at radius 2 is 2.86 bits per heavy atom. The highest BCUT2D eigenvalue weighted by molar-refractivity contribution is 5.54. The van der Waals surface area contributed by atoms with Gasteiger partial charge in [-0.25, -0.2) is 0 Å². The van der Waals surface area contributed by atoms with E-state index < -0.39 is 0 Å². The molecule has 0 aliphatic carbocycles. The minimum atomic E-state index is 0.514. The summed E-state index contributed by atoms with van der Waals surface area (Å²) in [4.78, 5) is 3.85. The topological polar surface area (TPSA) is 53.6 Å². The molecule has 0 aromatic heterocycles. The fourth-order valence-corrected chi connectivity index (χ4v) is 0.413. The molecule has 4 nitrogen and oxygen atoms in total. The third kappa shape index (κ3) is 0.880. The van der Waals surface area contributed by atoms with Crippen LogP contribution in [0, 0.1) is 0 Å². The Hall–Kier alpha value is -0.610. The molecule has 3 N–H and O–H groups in total. The van der Waals surface area contributed by atoms with E-state index in [1.54, 1.807) is 11.3 Å². The van der Waals surface area contributed by atoms with Crippen molar-refractivity contribution in [3.8, 4) is 0 Å². The Morgan fingerprint density at radius 3 is 3.14 bits per heavy atom. The van der Waals surface area contributed by atoms with Crippen molar-refractivity contribution in [1.82, 2.24) is 10.4 Å². The fraction of sp³-hybridized carbons (Fsp3) is 0.667. The Labute approximate surface area is 42.0 Å². The quantitative estimate of drug-likeness (QED) is 0.431. The van der Waals surface area contributed by atoms with Gasteiger partial charge in [-0.05, 0) is 0 Å². The second-order valence-electron chi connectivity index (χ2n) is 1.30. The molecule has 7 heavy (non-hydrogen) atoms. The number of nitrogens with two attached hydrogens (primary N) is 1. The number of aliphatic imine (C=N–C) groups is 1. The van der Waals surface area contributed by atoms with Gasteiger partial charge in [0.25, 0.3) is 0 Å². The van der Waals surface area contributed by atoms with E-state index in [9.17, 15) is 0 Å². The highest BCUT2D eigenvalue weighted by Crippen LogP contribution is 1.81. The molecule has 40 valence electrons. The first kappa shape index (κ1) is 4.55. The summed E-state index contributed by atoms with van der Waals surface area (Å²) >= 11 is 0. The van der Waals surface area contributed by atoms with Gasteiger partial charge in [0.15, 0.2) is 0 Å². The lowest BCUT2D eigenvalue weighted by Crippen LogP contribution is -2.36. The predicted molar refractivity (Wildman–Crippen MR) is 27.4 cm³/mol. The summed E-state index contributed by atoms with van der Waals surface area (Å²) in [5.74, 6) is 0. The van der Waals surface area contributed by atoms with Gasteiger partial charge in [0, 0.05) is 0 Å². The van der Waals surface area contributed by atoms with E-state index in [-0.39, 0.29) is 0 Å². The Bertz CT molecular complexity index is 71.0. The molecule has 0 bridgehead atoms. The van der Waals surface area contributed by atoms with Crippen LogP contribution in [0.1, 0.15) is 0 Å². The first-order valence-electron chi connectivity index (χ1n) is 2.13. The molecule has 0 saturated carbocycles. The number of nitrogens with one attached hydrogen (secondary N) is 1. The molecule has 1 aliphatic heterocycles. The normalized spacial score (nSPS) is 20.1. The number of hydrogen-bond donors (Lipinski definition) is 2. The SMILES string of the molecule is NCN1CN=CN1. The van der Waals surface area contributed by atoms with Gasteiger partial charge in [-0.2, -0.15) is 5.01 Å². The monoisotopic (exact) mass is 100 g/mol. The summed E-state index contributed by atoms with van der Waals surface area (Å²) in [7, 11) is 0. The number of rotatable bonds is 1. The van der Waals surface area contributed by atoms with E-state index in [1.165, 1.54) is 0 Å². The van der Waals surface area contributed by atoms with Gasteiger partial charge in [-0.15, -0.1) is 0 Å². The fourth-order valence-electron chi connectivity index (χ4n) is 0.413. The van der Waals surface area contributed by atoms with Gasteiger partial charge in [-0.3, -0.25) is 4.99 Å². The first-order valence-corrected chi connectivity index (χ1v) is 2.13. The minimum Gasteiger partial charge on any atom is -0.317 e. The largest absolute Gasteiger partial charge is 0.317 e.